The fourth-order valence-corrected chi connectivity index (χ4v) is 2.41. The lowest BCUT2D eigenvalue weighted by Gasteiger charge is -2.14. The SMILES string of the molecule is COC(=O)C(=NCOCC[Si](C)(C)C)C(Br)=C(N)C(=O)OC. The van der Waals surface area contributed by atoms with E-state index in [-0.39, 0.29) is 22.6 Å². The molecule has 0 aromatic heterocycles. The fourth-order valence-electron chi connectivity index (χ4n) is 1.20. The third-order valence-corrected chi connectivity index (χ3v) is 5.05. The molecule has 0 radical (unpaired) electrons. The van der Waals surface area contributed by atoms with Crippen molar-refractivity contribution in [2.45, 2.75) is 25.7 Å². The first-order valence-corrected chi connectivity index (χ1v) is 11.1. The average molecular weight is 395 g/mol. The number of hydrogen-bond acceptors (Lipinski definition) is 7. The summed E-state index contributed by atoms with van der Waals surface area (Å²) in [5.41, 5.74) is 5.19. The molecule has 22 heavy (non-hydrogen) atoms. The van der Waals surface area contributed by atoms with Crippen molar-refractivity contribution < 1.29 is 23.8 Å². The van der Waals surface area contributed by atoms with Crippen LogP contribution in [0.15, 0.2) is 15.2 Å². The normalized spacial score (nSPS) is 13.5. The van der Waals surface area contributed by atoms with Crippen molar-refractivity contribution in [3.05, 3.63) is 10.2 Å². The van der Waals surface area contributed by atoms with Crippen LogP contribution >= 0.6 is 15.9 Å². The lowest BCUT2D eigenvalue weighted by atomic mass is 10.3. The molecule has 0 amide bonds. The lowest BCUT2D eigenvalue weighted by Crippen LogP contribution is -2.24. The van der Waals surface area contributed by atoms with Crippen LogP contribution in [0.25, 0.3) is 0 Å². The molecule has 0 bridgehead atoms. The number of hydrogen-bond donors (Lipinski definition) is 1. The third-order valence-electron chi connectivity index (χ3n) is 2.54. The number of aliphatic imine (C=N–C) groups is 1. The number of carbonyl (C=O) groups is 2. The number of nitrogens with two attached hydrogens (primary N) is 1. The summed E-state index contributed by atoms with van der Waals surface area (Å²) >= 11 is 3.07. The number of methoxy groups -OCH3 is 2. The van der Waals surface area contributed by atoms with E-state index >= 15 is 0 Å². The van der Waals surface area contributed by atoms with Crippen LogP contribution in [0.4, 0.5) is 0 Å². The molecule has 9 heteroatoms. The molecule has 0 saturated heterocycles. The molecule has 2 N–H and O–H groups in total. The van der Waals surface area contributed by atoms with Crippen LogP contribution in [0.2, 0.25) is 25.7 Å². The van der Waals surface area contributed by atoms with Gasteiger partial charge in [-0.25, -0.2) is 14.6 Å². The number of esters is 2. The van der Waals surface area contributed by atoms with Crippen molar-refractivity contribution in [1.82, 2.24) is 0 Å². The fraction of sp³-hybridized carbons (Fsp3) is 0.615. The number of rotatable bonds is 8. The minimum atomic E-state index is -1.19. The van der Waals surface area contributed by atoms with Crippen LogP contribution in [0.5, 0.6) is 0 Å². The summed E-state index contributed by atoms with van der Waals surface area (Å²) in [5.74, 6) is -1.50. The minimum Gasteiger partial charge on any atom is -0.464 e. The van der Waals surface area contributed by atoms with Gasteiger partial charge in [0, 0.05) is 14.7 Å². The maximum atomic E-state index is 11.7. The van der Waals surface area contributed by atoms with E-state index < -0.39 is 20.0 Å². The molecule has 0 aliphatic heterocycles. The summed E-state index contributed by atoms with van der Waals surface area (Å²) in [5, 5.41) is 0. The van der Waals surface area contributed by atoms with Crippen LogP contribution < -0.4 is 5.73 Å². The van der Waals surface area contributed by atoms with Crippen molar-refractivity contribution >= 4 is 41.7 Å². The van der Waals surface area contributed by atoms with Crippen molar-refractivity contribution in [1.29, 1.82) is 0 Å². The Bertz CT molecular complexity index is 472. The smallest absolute Gasteiger partial charge is 0.357 e. The molecular formula is C13H23BrN2O5Si. The Morgan fingerprint density at radius 1 is 1.14 bits per heavy atom. The van der Waals surface area contributed by atoms with Gasteiger partial charge in [-0.1, -0.05) is 19.6 Å². The zero-order valence-corrected chi connectivity index (χ0v) is 16.2. The predicted octanol–water partition coefficient (Wildman–Crippen LogP) is 1.65. The molecule has 0 heterocycles. The highest BCUT2D eigenvalue weighted by Crippen LogP contribution is 2.14. The first-order chi connectivity index (χ1) is 10.1. The van der Waals surface area contributed by atoms with Gasteiger partial charge in [0.1, 0.15) is 12.4 Å². The van der Waals surface area contributed by atoms with Gasteiger partial charge >= 0.3 is 11.9 Å². The lowest BCUT2D eigenvalue weighted by molar-refractivity contribution is -0.136. The summed E-state index contributed by atoms with van der Waals surface area (Å²) in [7, 11) is 1.20. The maximum absolute atomic E-state index is 11.7. The molecule has 0 atom stereocenters. The second kappa shape index (κ2) is 9.75. The number of halogens is 1. The molecule has 0 aromatic carbocycles. The Morgan fingerprint density at radius 2 is 1.68 bits per heavy atom. The summed E-state index contributed by atoms with van der Waals surface area (Å²) in [6.45, 7) is 7.22. The van der Waals surface area contributed by atoms with Gasteiger partial charge in [0.15, 0.2) is 5.71 Å². The second-order valence-electron chi connectivity index (χ2n) is 5.57. The van der Waals surface area contributed by atoms with Crippen molar-refractivity contribution in [3.63, 3.8) is 0 Å². The van der Waals surface area contributed by atoms with Crippen molar-refractivity contribution in [2.75, 3.05) is 27.6 Å². The second-order valence-corrected chi connectivity index (χ2v) is 12.0. The van der Waals surface area contributed by atoms with E-state index in [1.165, 1.54) is 14.2 Å². The van der Waals surface area contributed by atoms with E-state index in [9.17, 15) is 9.59 Å². The number of carbonyl (C=O) groups excluding carboxylic acids is 2. The van der Waals surface area contributed by atoms with Gasteiger partial charge in [-0.05, 0) is 22.0 Å². The van der Waals surface area contributed by atoms with E-state index in [0.29, 0.717) is 6.61 Å². The Kier molecular flexibility index (Phi) is 9.22. The van der Waals surface area contributed by atoms with Gasteiger partial charge < -0.3 is 19.9 Å². The zero-order valence-electron chi connectivity index (χ0n) is 13.6. The van der Waals surface area contributed by atoms with Crippen molar-refractivity contribution in [3.8, 4) is 0 Å². The molecule has 0 fully saturated rings. The topological polar surface area (TPSA) is 100 Å². The largest absolute Gasteiger partial charge is 0.464 e. The Morgan fingerprint density at radius 3 is 2.14 bits per heavy atom. The van der Waals surface area contributed by atoms with E-state index in [2.05, 4.69) is 50.0 Å². The first-order valence-electron chi connectivity index (χ1n) is 6.58. The third kappa shape index (κ3) is 7.71. The molecular weight excluding hydrogens is 372 g/mol. The van der Waals surface area contributed by atoms with E-state index in [0.717, 1.165) is 6.04 Å². The quantitative estimate of drug-likeness (QED) is 0.221. The van der Waals surface area contributed by atoms with Crippen LogP contribution in [0.3, 0.4) is 0 Å². The molecule has 0 aliphatic rings. The summed E-state index contributed by atoms with van der Waals surface area (Å²) < 4.78 is 14.5. The van der Waals surface area contributed by atoms with Crippen LogP contribution in [0.1, 0.15) is 0 Å². The summed E-state index contributed by atoms with van der Waals surface area (Å²) in [6, 6.07) is 0.984. The highest BCUT2D eigenvalue weighted by molar-refractivity contribution is 9.12. The highest BCUT2D eigenvalue weighted by atomic mass is 79.9. The zero-order chi connectivity index (χ0) is 17.3. The molecule has 126 valence electrons. The van der Waals surface area contributed by atoms with Crippen LogP contribution in [0, 0.1) is 0 Å². The first kappa shape index (κ1) is 20.8. The molecule has 0 aromatic rings. The Balaban J connectivity index is 4.96. The maximum Gasteiger partial charge on any atom is 0.357 e. The van der Waals surface area contributed by atoms with E-state index in [4.69, 9.17) is 10.5 Å². The van der Waals surface area contributed by atoms with Gasteiger partial charge in [0.05, 0.1) is 18.7 Å². The summed E-state index contributed by atoms with van der Waals surface area (Å²) in [4.78, 5) is 27.1. The molecule has 0 aliphatic carbocycles. The van der Waals surface area contributed by atoms with Gasteiger partial charge in [0.25, 0.3) is 0 Å². The van der Waals surface area contributed by atoms with Gasteiger partial charge in [-0.15, -0.1) is 0 Å². The highest BCUT2D eigenvalue weighted by Gasteiger charge is 2.21. The van der Waals surface area contributed by atoms with Gasteiger partial charge in [0.2, 0.25) is 0 Å². The standard InChI is InChI=1S/C13H23BrN2O5Si/c1-19-12(17)10(15)9(14)11(13(18)20-2)16-8-21-6-7-22(3,4)5/h6-8,15H2,1-5H3. The monoisotopic (exact) mass is 394 g/mol. The molecule has 7 nitrogen and oxygen atoms in total. The number of ether oxygens (including phenoxy) is 3. The average Bonchev–Trinajstić information content (AvgIpc) is 2.46. The Hall–Kier alpha value is -1.19. The molecule has 0 spiro atoms. The van der Waals surface area contributed by atoms with Crippen molar-refractivity contribution in [2.24, 2.45) is 10.7 Å². The summed E-state index contributed by atoms with van der Waals surface area (Å²) in [6.07, 6.45) is 0. The van der Waals surface area contributed by atoms with Crippen LogP contribution in [-0.4, -0.2) is 53.3 Å². The Labute approximate surface area is 140 Å². The minimum absolute atomic E-state index is 0.0139. The predicted molar refractivity (Wildman–Crippen MR) is 90.6 cm³/mol. The van der Waals surface area contributed by atoms with Gasteiger partial charge in [-0.3, -0.25) is 0 Å². The van der Waals surface area contributed by atoms with E-state index in [1.54, 1.807) is 0 Å². The van der Waals surface area contributed by atoms with E-state index in [1.807, 2.05) is 0 Å². The van der Waals surface area contributed by atoms with Gasteiger partial charge in [-0.2, -0.15) is 0 Å². The molecule has 0 saturated carbocycles. The molecule has 0 unspecified atom stereocenters. The van der Waals surface area contributed by atoms with Crippen LogP contribution in [-0.2, 0) is 23.8 Å². The molecule has 0 rings (SSSR count). The number of nitrogens with zero attached hydrogens (tertiary/aromatic N) is 1.